The van der Waals surface area contributed by atoms with Gasteiger partial charge in [-0.1, -0.05) is 32.9 Å². The van der Waals surface area contributed by atoms with Crippen molar-refractivity contribution < 1.29 is 41.6 Å². The molecule has 0 aliphatic carbocycles. The summed E-state index contributed by atoms with van der Waals surface area (Å²) in [5.74, 6) is -2.56. The Hall–Kier alpha value is -0.564. The van der Waals surface area contributed by atoms with Crippen molar-refractivity contribution in [1.82, 2.24) is 0 Å². The van der Waals surface area contributed by atoms with Crippen molar-refractivity contribution in [2.45, 2.75) is 52.9 Å². The molecule has 1 N–H and O–H groups in total. The Kier molecular flexibility index (Phi) is 17.0. The summed E-state index contributed by atoms with van der Waals surface area (Å²) in [7, 11) is -4.09. The van der Waals surface area contributed by atoms with Crippen LogP contribution < -0.4 is 0 Å². The first-order valence-corrected chi connectivity index (χ1v) is 11.2. The maximum atomic E-state index is 12.9. The van der Waals surface area contributed by atoms with Crippen LogP contribution >= 0.6 is 0 Å². The van der Waals surface area contributed by atoms with Crippen molar-refractivity contribution in [1.29, 1.82) is 0 Å². The first-order valence-electron chi connectivity index (χ1n) is 9.62. The van der Waals surface area contributed by atoms with Crippen LogP contribution in [0.5, 0.6) is 0 Å². The molecule has 0 saturated carbocycles. The predicted molar refractivity (Wildman–Crippen MR) is 117 cm³/mol. The molecule has 0 amide bonds. The Morgan fingerprint density at radius 3 is 1.77 bits per heavy atom. The van der Waals surface area contributed by atoms with E-state index in [0.717, 1.165) is 6.42 Å². The van der Waals surface area contributed by atoms with Crippen LogP contribution in [0.3, 0.4) is 0 Å². The van der Waals surface area contributed by atoms with Crippen molar-refractivity contribution in [3.05, 3.63) is 24.3 Å². The normalized spacial score (nSPS) is 11.1. The molecule has 0 unspecified atom stereocenters. The van der Waals surface area contributed by atoms with Gasteiger partial charge in [-0.25, -0.2) is 9.59 Å². The third-order valence-corrected chi connectivity index (χ3v) is 4.93. The van der Waals surface area contributed by atoms with Crippen LogP contribution in [0.1, 0.15) is 52.9 Å². The van der Waals surface area contributed by atoms with Crippen molar-refractivity contribution in [3.63, 3.8) is 0 Å². The molecule has 0 atom stereocenters. The SMILES string of the molecule is C=C(C)C(=O)OCC(CCCC)(COC(=O)C(=C)C)C(=O)OCCCCS(=O)(=O)O.[KH]. The summed E-state index contributed by atoms with van der Waals surface area (Å²) in [6.45, 7) is 11.0. The molecule has 0 bridgehead atoms. The van der Waals surface area contributed by atoms with Crippen LogP contribution in [0.2, 0.25) is 0 Å². The molecule has 0 aliphatic rings. The number of hydrogen-bond donors (Lipinski definition) is 1. The summed E-state index contributed by atoms with van der Waals surface area (Å²) < 4.78 is 45.9. The van der Waals surface area contributed by atoms with Crippen LogP contribution in [0.4, 0.5) is 0 Å². The van der Waals surface area contributed by atoms with E-state index in [1.54, 1.807) is 0 Å². The van der Waals surface area contributed by atoms with E-state index in [0.29, 0.717) is 6.42 Å². The molecule has 11 heteroatoms. The van der Waals surface area contributed by atoms with E-state index < -0.39 is 39.2 Å². The Labute approximate surface area is 227 Å². The van der Waals surface area contributed by atoms with E-state index in [9.17, 15) is 22.8 Å². The van der Waals surface area contributed by atoms with Gasteiger partial charge in [0.05, 0.1) is 12.4 Å². The zero-order valence-electron chi connectivity index (χ0n) is 17.9. The Morgan fingerprint density at radius 1 is 0.903 bits per heavy atom. The minimum absolute atomic E-state index is 0. The molecule has 0 aliphatic heterocycles. The van der Waals surface area contributed by atoms with E-state index in [2.05, 4.69) is 13.2 Å². The molecule has 0 saturated heterocycles. The molecule has 0 spiro atoms. The van der Waals surface area contributed by atoms with Gasteiger partial charge in [-0.15, -0.1) is 0 Å². The fourth-order valence-corrected chi connectivity index (χ4v) is 2.85. The minimum atomic E-state index is -4.09. The van der Waals surface area contributed by atoms with Gasteiger partial charge in [0.15, 0.2) is 0 Å². The zero-order valence-corrected chi connectivity index (χ0v) is 18.7. The topological polar surface area (TPSA) is 133 Å². The molecule has 0 rings (SSSR count). The Morgan fingerprint density at radius 2 is 1.39 bits per heavy atom. The van der Waals surface area contributed by atoms with Crippen LogP contribution in [0, 0.1) is 5.41 Å². The molecule has 0 aromatic heterocycles. The average Bonchev–Trinajstić information content (AvgIpc) is 2.65. The molecular weight excluding hydrogens is 455 g/mol. The molecule has 9 nitrogen and oxygen atoms in total. The van der Waals surface area contributed by atoms with Gasteiger partial charge in [0.1, 0.15) is 18.6 Å². The molecule has 0 radical (unpaired) electrons. The monoisotopic (exact) mass is 488 g/mol. The molecule has 0 fully saturated rings. The summed E-state index contributed by atoms with van der Waals surface area (Å²) in [6, 6.07) is 0. The Bertz CT molecular complexity index is 714. The van der Waals surface area contributed by atoms with Gasteiger partial charge in [-0.3, -0.25) is 9.35 Å². The van der Waals surface area contributed by atoms with Crippen LogP contribution in [-0.4, -0.2) is 108 Å². The number of carbonyl (C=O) groups is 3. The third kappa shape index (κ3) is 14.2. The van der Waals surface area contributed by atoms with Gasteiger partial charge in [0, 0.05) is 11.1 Å². The molecular formula is C20H33KO9S. The zero-order chi connectivity index (χ0) is 23.4. The number of ether oxygens (including phenoxy) is 3. The van der Waals surface area contributed by atoms with Gasteiger partial charge in [-0.2, -0.15) is 8.42 Å². The fourth-order valence-electron chi connectivity index (χ4n) is 2.28. The summed E-state index contributed by atoms with van der Waals surface area (Å²) >= 11 is 0. The van der Waals surface area contributed by atoms with E-state index in [4.69, 9.17) is 18.8 Å². The standard InChI is InChI=1S/C20H32O9S.K.H/c1-6-7-10-20(13-28-17(21)15(2)3,14-29-18(22)16(4)5)19(23)27-11-8-9-12-30(24,25)26;;/h2,4,6-14H2,1,3,5H3,(H,24,25,26);;. The maximum absolute atomic E-state index is 12.9. The van der Waals surface area contributed by atoms with Crippen molar-refractivity contribution in [2.75, 3.05) is 25.6 Å². The number of esters is 3. The van der Waals surface area contributed by atoms with Gasteiger partial charge in [0.2, 0.25) is 0 Å². The van der Waals surface area contributed by atoms with Gasteiger partial charge in [-0.05, 0) is 33.1 Å². The van der Waals surface area contributed by atoms with Gasteiger partial charge < -0.3 is 14.2 Å². The second-order valence-corrected chi connectivity index (χ2v) is 8.80. The average molecular weight is 489 g/mol. The first-order chi connectivity index (χ1) is 13.8. The van der Waals surface area contributed by atoms with Crippen molar-refractivity contribution in [2.24, 2.45) is 5.41 Å². The molecule has 0 aromatic rings. The van der Waals surface area contributed by atoms with Crippen molar-refractivity contribution >= 4 is 79.4 Å². The van der Waals surface area contributed by atoms with Crippen LogP contribution in [-0.2, 0) is 38.7 Å². The summed E-state index contributed by atoms with van der Waals surface area (Å²) in [5.41, 5.74) is -1.12. The third-order valence-electron chi connectivity index (χ3n) is 4.13. The van der Waals surface area contributed by atoms with E-state index >= 15 is 0 Å². The van der Waals surface area contributed by atoms with E-state index in [-0.39, 0.29) is 102 Å². The number of carbonyl (C=O) groups excluding carboxylic acids is 3. The van der Waals surface area contributed by atoms with Crippen molar-refractivity contribution in [3.8, 4) is 0 Å². The van der Waals surface area contributed by atoms with Gasteiger partial charge >= 0.3 is 69.3 Å². The number of unbranched alkanes of at least 4 members (excludes halogenated alkanes) is 2. The summed E-state index contributed by atoms with van der Waals surface area (Å²) in [4.78, 5) is 36.6. The van der Waals surface area contributed by atoms with Crippen LogP contribution in [0.15, 0.2) is 24.3 Å². The summed E-state index contributed by atoms with van der Waals surface area (Å²) in [6.07, 6.45) is 1.84. The molecule has 31 heavy (non-hydrogen) atoms. The molecule has 174 valence electrons. The predicted octanol–water partition coefficient (Wildman–Crippen LogP) is 1.96. The quantitative estimate of drug-likeness (QED) is 0.0917. The number of rotatable bonds is 15. The van der Waals surface area contributed by atoms with E-state index in [1.807, 2.05) is 6.92 Å². The van der Waals surface area contributed by atoms with Crippen LogP contribution in [0.25, 0.3) is 0 Å². The molecule has 0 heterocycles. The Balaban J connectivity index is 0. The molecule has 0 aromatic carbocycles. The second kappa shape index (κ2) is 16.1. The fraction of sp³-hybridized carbons (Fsp3) is 0.650. The second-order valence-electron chi connectivity index (χ2n) is 7.23. The first kappa shape index (κ1) is 32.6. The van der Waals surface area contributed by atoms with Gasteiger partial charge in [0.25, 0.3) is 10.1 Å². The summed E-state index contributed by atoms with van der Waals surface area (Å²) in [5, 5.41) is 0. The number of hydrogen-bond acceptors (Lipinski definition) is 8. The van der Waals surface area contributed by atoms with E-state index in [1.165, 1.54) is 13.8 Å².